The number of anilines is 2. The van der Waals surface area contributed by atoms with E-state index in [0.717, 1.165) is 28.2 Å². The van der Waals surface area contributed by atoms with Gasteiger partial charge in [0.25, 0.3) is 5.91 Å². The summed E-state index contributed by atoms with van der Waals surface area (Å²) in [6, 6.07) is 7.91. The molecule has 7 nitrogen and oxygen atoms in total. The summed E-state index contributed by atoms with van der Waals surface area (Å²) in [4.78, 5) is 23.7. The first-order valence-corrected chi connectivity index (χ1v) is 10.3. The molecule has 2 fully saturated rings. The van der Waals surface area contributed by atoms with Gasteiger partial charge in [0.2, 0.25) is 0 Å². The topological polar surface area (TPSA) is 93.9 Å². The number of halogens is 1. The number of carbonyl (C=O) groups excluding carboxylic acids is 1. The average molecular weight is 420 g/mol. The second-order valence-electron chi connectivity index (χ2n) is 7.57. The number of nitriles is 1. The lowest BCUT2D eigenvalue weighted by molar-refractivity contribution is 0.0929. The standard InChI is InChI=1S/C21H17FN6OS/c22-14-1-3-15(4-2-14)26-17-8-24-6-5-16(17)18-9-25-20(30-18)19(29)27-21-7-13(21)10-28(11-21)12-23/h1-6,8-9,13,26H,7,10-11H2,(H,27,29)/t13?,21-/m0/s1. The summed E-state index contributed by atoms with van der Waals surface area (Å²) >= 11 is 1.30. The molecular formula is C21H17FN6OS. The van der Waals surface area contributed by atoms with Crippen molar-refractivity contribution in [3.63, 3.8) is 0 Å². The summed E-state index contributed by atoms with van der Waals surface area (Å²) in [7, 11) is 0. The molecule has 1 aliphatic carbocycles. The number of pyridine rings is 1. The highest BCUT2D eigenvalue weighted by atomic mass is 32.1. The molecule has 5 rings (SSSR count). The van der Waals surface area contributed by atoms with Crippen molar-refractivity contribution >= 4 is 28.6 Å². The van der Waals surface area contributed by atoms with E-state index in [1.54, 1.807) is 35.6 Å². The van der Waals surface area contributed by atoms with Crippen molar-refractivity contribution in [2.45, 2.75) is 12.0 Å². The molecule has 1 aliphatic heterocycles. The molecular weight excluding hydrogens is 403 g/mol. The Hall–Kier alpha value is -3.51. The minimum Gasteiger partial charge on any atom is -0.354 e. The number of hydrogen-bond acceptors (Lipinski definition) is 7. The maximum absolute atomic E-state index is 13.2. The fourth-order valence-electron chi connectivity index (χ4n) is 3.93. The van der Waals surface area contributed by atoms with Gasteiger partial charge in [-0.2, -0.15) is 5.26 Å². The molecule has 1 saturated heterocycles. The third-order valence-corrected chi connectivity index (χ3v) is 6.59. The molecule has 30 heavy (non-hydrogen) atoms. The van der Waals surface area contributed by atoms with E-state index >= 15 is 0 Å². The van der Waals surface area contributed by atoms with Crippen LogP contribution in [0.3, 0.4) is 0 Å². The van der Waals surface area contributed by atoms with Crippen molar-refractivity contribution in [3.8, 4) is 16.6 Å². The molecule has 1 aromatic carbocycles. The molecule has 0 radical (unpaired) electrons. The van der Waals surface area contributed by atoms with Gasteiger partial charge in [-0.05, 0) is 36.8 Å². The SMILES string of the molecule is N#CN1CC2C[C@]2(NC(=O)c2ncc(-c3ccncc3Nc3ccc(F)cc3)s2)C1. The zero-order valence-electron chi connectivity index (χ0n) is 15.8. The number of piperidine rings is 1. The molecule has 1 saturated carbocycles. The number of aromatic nitrogens is 2. The van der Waals surface area contributed by atoms with E-state index in [2.05, 4.69) is 26.8 Å². The van der Waals surface area contributed by atoms with Gasteiger partial charge in [-0.15, -0.1) is 11.3 Å². The van der Waals surface area contributed by atoms with E-state index in [-0.39, 0.29) is 17.3 Å². The van der Waals surface area contributed by atoms with Crippen molar-refractivity contribution in [3.05, 3.63) is 59.7 Å². The quantitative estimate of drug-likeness (QED) is 0.615. The van der Waals surface area contributed by atoms with E-state index < -0.39 is 0 Å². The van der Waals surface area contributed by atoms with Crippen LogP contribution in [-0.2, 0) is 0 Å². The molecule has 0 spiro atoms. The molecule has 0 bridgehead atoms. The smallest absolute Gasteiger partial charge is 0.280 e. The zero-order chi connectivity index (χ0) is 20.7. The lowest BCUT2D eigenvalue weighted by Crippen LogP contribution is -2.41. The molecule has 150 valence electrons. The number of fused-ring (bicyclic) bond motifs is 1. The maximum atomic E-state index is 13.2. The number of carbonyl (C=O) groups is 1. The fraction of sp³-hybridized carbons (Fsp3) is 0.238. The highest BCUT2D eigenvalue weighted by Gasteiger charge is 2.61. The Kier molecular flexibility index (Phi) is 4.37. The second kappa shape index (κ2) is 7.07. The zero-order valence-corrected chi connectivity index (χ0v) is 16.6. The molecule has 9 heteroatoms. The van der Waals surface area contributed by atoms with E-state index in [0.29, 0.717) is 24.0 Å². The van der Waals surface area contributed by atoms with Gasteiger partial charge in [-0.1, -0.05) is 0 Å². The predicted octanol–water partition coefficient (Wildman–Crippen LogP) is 3.37. The van der Waals surface area contributed by atoms with E-state index in [1.165, 1.54) is 23.5 Å². The van der Waals surface area contributed by atoms with E-state index in [4.69, 9.17) is 5.26 Å². The van der Waals surface area contributed by atoms with Crippen molar-refractivity contribution in [1.82, 2.24) is 20.2 Å². The predicted molar refractivity (Wildman–Crippen MR) is 111 cm³/mol. The Morgan fingerprint density at radius 2 is 2.13 bits per heavy atom. The lowest BCUT2D eigenvalue weighted by atomic mass is 10.2. The van der Waals surface area contributed by atoms with Crippen LogP contribution < -0.4 is 10.6 Å². The van der Waals surface area contributed by atoms with Gasteiger partial charge in [0, 0.05) is 36.1 Å². The summed E-state index contributed by atoms with van der Waals surface area (Å²) in [6.45, 7) is 1.27. The van der Waals surface area contributed by atoms with E-state index in [1.807, 2.05) is 6.07 Å². The number of nitrogens with zero attached hydrogens (tertiary/aromatic N) is 4. The second-order valence-corrected chi connectivity index (χ2v) is 8.61. The van der Waals surface area contributed by atoms with Gasteiger partial charge < -0.3 is 15.5 Å². The summed E-state index contributed by atoms with van der Waals surface area (Å²) in [5, 5.41) is 15.8. The first-order chi connectivity index (χ1) is 14.6. The molecule has 1 amide bonds. The summed E-state index contributed by atoms with van der Waals surface area (Å²) in [5.41, 5.74) is 2.03. The first kappa shape index (κ1) is 18.5. The first-order valence-electron chi connectivity index (χ1n) is 9.46. The van der Waals surface area contributed by atoms with Crippen LogP contribution in [0.15, 0.2) is 48.9 Å². The molecule has 2 aliphatic rings. The third kappa shape index (κ3) is 3.35. The van der Waals surface area contributed by atoms with Crippen LogP contribution >= 0.6 is 11.3 Å². The molecule has 3 heterocycles. The number of rotatable bonds is 5. The van der Waals surface area contributed by atoms with Crippen LogP contribution in [-0.4, -0.2) is 39.4 Å². The average Bonchev–Trinajstić information content (AvgIpc) is 3.10. The Morgan fingerprint density at radius 1 is 1.30 bits per heavy atom. The van der Waals surface area contributed by atoms with E-state index in [9.17, 15) is 9.18 Å². The lowest BCUT2D eigenvalue weighted by Gasteiger charge is -2.16. The maximum Gasteiger partial charge on any atom is 0.280 e. The number of amides is 1. The number of benzene rings is 1. The molecule has 3 aromatic rings. The highest BCUT2D eigenvalue weighted by Crippen LogP contribution is 2.49. The number of thiazole rings is 1. The Balaban J connectivity index is 1.34. The molecule has 1 unspecified atom stereocenters. The van der Waals surface area contributed by atoms with Crippen LogP contribution in [0.2, 0.25) is 0 Å². The van der Waals surface area contributed by atoms with Gasteiger partial charge in [0.15, 0.2) is 11.2 Å². The van der Waals surface area contributed by atoms with Crippen LogP contribution in [0.25, 0.3) is 10.4 Å². The normalized spacial score (nSPS) is 21.6. The monoisotopic (exact) mass is 420 g/mol. The van der Waals surface area contributed by atoms with Crippen molar-refractivity contribution < 1.29 is 9.18 Å². The van der Waals surface area contributed by atoms with Gasteiger partial charge in [-0.25, -0.2) is 9.37 Å². The molecule has 2 atom stereocenters. The Labute approximate surface area is 176 Å². The number of nitrogens with one attached hydrogen (secondary N) is 2. The van der Waals surface area contributed by atoms with Crippen molar-refractivity contribution in [2.75, 3.05) is 18.4 Å². The minimum atomic E-state index is -0.303. The van der Waals surface area contributed by atoms with Crippen LogP contribution in [0.4, 0.5) is 15.8 Å². The largest absolute Gasteiger partial charge is 0.354 e. The van der Waals surface area contributed by atoms with Gasteiger partial charge in [0.05, 0.1) is 28.8 Å². The Bertz CT molecular complexity index is 1160. The van der Waals surface area contributed by atoms with Crippen LogP contribution in [0.1, 0.15) is 16.2 Å². The van der Waals surface area contributed by atoms with Crippen LogP contribution in [0.5, 0.6) is 0 Å². The van der Waals surface area contributed by atoms with Gasteiger partial charge >= 0.3 is 0 Å². The fourth-order valence-corrected chi connectivity index (χ4v) is 4.79. The Morgan fingerprint density at radius 3 is 2.90 bits per heavy atom. The molecule has 2 N–H and O–H groups in total. The van der Waals surface area contributed by atoms with Gasteiger partial charge in [0.1, 0.15) is 5.82 Å². The highest BCUT2D eigenvalue weighted by molar-refractivity contribution is 7.17. The summed E-state index contributed by atoms with van der Waals surface area (Å²) < 4.78 is 13.2. The molecule has 2 aromatic heterocycles. The van der Waals surface area contributed by atoms with Crippen molar-refractivity contribution in [2.24, 2.45) is 5.92 Å². The van der Waals surface area contributed by atoms with Crippen molar-refractivity contribution in [1.29, 1.82) is 5.26 Å². The summed E-state index contributed by atoms with van der Waals surface area (Å²) in [5.74, 6) is -0.175. The minimum absolute atomic E-state index is 0.212. The van der Waals surface area contributed by atoms with Crippen LogP contribution in [0, 0.1) is 23.2 Å². The summed E-state index contributed by atoms with van der Waals surface area (Å²) in [6.07, 6.45) is 8.09. The number of likely N-dealkylation sites (tertiary alicyclic amines) is 1. The van der Waals surface area contributed by atoms with Gasteiger partial charge in [-0.3, -0.25) is 9.78 Å². The third-order valence-electron chi connectivity index (χ3n) is 5.56. The number of hydrogen-bond donors (Lipinski definition) is 2.